The van der Waals surface area contributed by atoms with Crippen LogP contribution in [0.15, 0.2) is 95.8 Å². The average Bonchev–Trinajstić information content (AvgIpc) is 3.16. The van der Waals surface area contributed by atoms with Crippen LogP contribution >= 0.6 is 23.2 Å². The van der Waals surface area contributed by atoms with Crippen molar-refractivity contribution < 1.29 is 9.18 Å². The molecule has 7 heteroatoms. The van der Waals surface area contributed by atoms with Crippen molar-refractivity contribution in [2.24, 2.45) is 0 Å². The van der Waals surface area contributed by atoms with Crippen molar-refractivity contribution in [3.05, 3.63) is 134 Å². The number of hydrogen-bond donors (Lipinski definition) is 0. The van der Waals surface area contributed by atoms with Gasteiger partial charge < -0.3 is 0 Å². The first kappa shape index (κ1) is 21.4. The molecule has 2 atom stereocenters. The second-order valence-corrected chi connectivity index (χ2v) is 8.64. The topological polar surface area (TPSA) is 42.3 Å². The zero-order valence-electron chi connectivity index (χ0n) is 17.2. The Balaban J connectivity index is 1.76. The van der Waals surface area contributed by atoms with E-state index in [1.165, 1.54) is 24.3 Å². The van der Waals surface area contributed by atoms with Crippen LogP contribution in [0.3, 0.4) is 0 Å². The number of amides is 1. The third kappa shape index (κ3) is 3.84. The summed E-state index contributed by atoms with van der Waals surface area (Å²) >= 11 is 12.2. The monoisotopic (exact) mass is 478 g/mol. The molecule has 33 heavy (non-hydrogen) atoms. The lowest BCUT2D eigenvalue weighted by Crippen LogP contribution is -2.33. The first-order valence-electron chi connectivity index (χ1n) is 10.3. The van der Waals surface area contributed by atoms with Gasteiger partial charge in [-0.15, -0.1) is 0 Å². The summed E-state index contributed by atoms with van der Waals surface area (Å²) in [5.74, 6) is -0.496. The van der Waals surface area contributed by atoms with E-state index >= 15 is 0 Å². The Morgan fingerprint density at radius 1 is 0.758 bits per heavy atom. The van der Waals surface area contributed by atoms with Gasteiger partial charge in [0.2, 0.25) is 0 Å². The molecule has 3 aromatic carbocycles. The molecule has 1 aliphatic rings. The summed E-state index contributed by atoms with van der Waals surface area (Å²) < 4.78 is 15.6. The van der Waals surface area contributed by atoms with E-state index in [-0.39, 0.29) is 11.1 Å². The summed E-state index contributed by atoms with van der Waals surface area (Å²) in [4.78, 5) is 28.4. The summed E-state index contributed by atoms with van der Waals surface area (Å²) in [6.07, 6.45) is 0. The van der Waals surface area contributed by atoms with E-state index in [1.54, 1.807) is 51.9 Å². The van der Waals surface area contributed by atoms with Gasteiger partial charge >= 0.3 is 0 Å². The first-order valence-corrected chi connectivity index (χ1v) is 11.0. The van der Waals surface area contributed by atoms with Crippen LogP contribution in [0.1, 0.15) is 33.6 Å². The number of aromatic nitrogens is 1. The summed E-state index contributed by atoms with van der Waals surface area (Å²) in [7, 11) is 0. The molecule has 2 unspecified atom stereocenters. The van der Waals surface area contributed by atoms with Crippen LogP contribution in [0.2, 0.25) is 10.0 Å². The smallest absolute Gasteiger partial charge is 0.260 e. The molecule has 4 aromatic rings. The van der Waals surface area contributed by atoms with Gasteiger partial charge in [0, 0.05) is 21.7 Å². The van der Waals surface area contributed by atoms with Crippen LogP contribution in [0.5, 0.6) is 0 Å². The number of benzene rings is 3. The van der Waals surface area contributed by atoms with Crippen LogP contribution in [0.25, 0.3) is 0 Å². The fourth-order valence-electron chi connectivity index (χ4n) is 4.36. The second-order valence-electron chi connectivity index (χ2n) is 7.77. The number of rotatable bonds is 3. The number of pyridine rings is 1. The van der Waals surface area contributed by atoms with Gasteiger partial charge in [0.05, 0.1) is 12.1 Å². The fraction of sp³-hybridized carbons (Fsp3) is 0.0769. The number of carbonyl (C=O) groups excluding carboxylic acids is 1. The molecule has 2 heterocycles. The maximum absolute atomic E-state index is 14.0. The predicted octanol–water partition coefficient (Wildman–Crippen LogP) is 6.29. The average molecular weight is 479 g/mol. The first-order chi connectivity index (χ1) is 15.9. The minimum Gasteiger partial charge on any atom is -0.284 e. The van der Waals surface area contributed by atoms with E-state index in [4.69, 9.17) is 23.2 Å². The van der Waals surface area contributed by atoms with E-state index in [1.807, 2.05) is 24.3 Å². The standard InChI is InChI=1S/C26H17Cl2FN2O2/c27-19-11-7-16(8-12-19)24-25(17-9-13-20(28)14-10-17)31(22-5-2-6-23(32)30(22)24)26(33)18-3-1-4-21(29)15-18/h1-15,24-25H. The van der Waals surface area contributed by atoms with Crippen molar-refractivity contribution in [2.75, 3.05) is 4.90 Å². The van der Waals surface area contributed by atoms with Gasteiger partial charge in [-0.3, -0.25) is 19.1 Å². The minimum absolute atomic E-state index is 0.188. The molecule has 164 valence electrons. The molecule has 1 amide bonds. The van der Waals surface area contributed by atoms with Crippen LogP contribution in [-0.2, 0) is 0 Å². The van der Waals surface area contributed by atoms with E-state index in [2.05, 4.69) is 0 Å². The van der Waals surface area contributed by atoms with Gasteiger partial charge in [-0.1, -0.05) is 59.6 Å². The lowest BCUT2D eigenvalue weighted by atomic mass is 9.93. The third-order valence-corrected chi connectivity index (χ3v) is 6.29. The van der Waals surface area contributed by atoms with Crippen molar-refractivity contribution in [2.45, 2.75) is 12.1 Å². The van der Waals surface area contributed by atoms with Gasteiger partial charge in [0.25, 0.3) is 11.5 Å². The zero-order valence-corrected chi connectivity index (χ0v) is 18.7. The minimum atomic E-state index is -0.575. The normalized spacial score (nSPS) is 17.1. The Hall–Kier alpha value is -3.41. The van der Waals surface area contributed by atoms with Gasteiger partial charge in [0.1, 0.15) is 11.6 Å². The molecule has 0 aliphatic carbocycles. The number of fused-ring (bicyclic) bond motifs is 1. The summed E-state index contributed by atoms with van der Waals surface area (Å²) in [6.45, 7) is 0. The Morgan fingerprint density at radius 2 is 1.33 bits per heavy atom. The molecule has 0 N–H and O–H groups in total. The zero-order chi connectivity index (χ0) is 23.1. The highest BCUT2D eigenvalue weighted by Crippen LogP contribution is 2.47. The molecular weight excluding hydrogens is 462 g/mol. The molecule has 5 rings (SSSR count). The second kappa shape index (κ2) is 8.50. The largest absolute Gasteiger partial charge is 0.284 e. The Labute approximate surface area is 199 Å². The van der Waals surface area contributed by atoms with Gasteiger partial charge in [-0.2, -0.15) is 0 Å². The van der Waals surface area contributed by atoms with Crippen LogP contribution in [0.4, 0.5) is 10.2 Å². The van der Waals surface area contributed by atoms with Crippen LogP contribution < -0.4 is 10.5 Å². The molecule has 1 aliphatic heterocycles. The molecule has 0 saturated carbocycles. The summed E-state index contributed by atoms with van der Waals surface area (Å²) in [5.41, 5.74) is 1.53. The SMILES string of the molecule is O=C(c1cccc(F)c1)N1c2cccc(=O)n2C(c2ccc(Cl)cc2)C1c1ccc(Cl)cc1. The number of halogens is 3. The lowest BCUT2D eigenvalue weighted by molar-refractivity contribution is 0.0977. The molecule has 0 bridgehead atoms. The van der Waals surface area contributed by atoms with Gasteiger partial charge in [-0.25, -0.2) is 4.39 Å². The van der Waals surface area contributed by atoms with E-state index in [9.17, 15) is 14.0 Å². The Morgan fingerprint density at radius 3 is 1.94 bits per heavy atom. The van der Waals surface area contributed by atoms with Crippen LogP contribution in [-0.4, -0.2) is 10.5 Å². The summed E-state index contributed by atoms with van der Waals surface area (Å²) in [6, 6.07) is 23.6. The molecule has 4 nitrogen and oxygen atoms in total. The number of carbonyl (C=O) groups is 1. The Bertz CT molecular complexity index is 1400. The van der Waals surface area contributed by atoms with Crippen molar-refractivity contribution >= 4 is 34.9 Å². The van der Waals surface area contributed by atoms with Crippen LogP contribution in [0, 0.1) is 5.82 Å². The fourth-order valence-corrected chi connectivity index (χ4v) is 4.62. The summed E-state index contributed by atoms with van der Waals surface area (Å²) in [5, 5.41) is 1.12. The van der Waals surface area contributed by atoms with Gasteiger partial charge in [0.15, 0.2) is 0 Å². The number of anilines is 1. The molecule has 1 aromatic heterocycles. The highest BCUT2D eigenvalue weighted by atomic mass is 35.5. The Kier molecular flexibility index (Phi) is 5.52. The van der Waals surface area contributed by atoms with Gasteiger partial charge in [-0.05, 0) is 59.7 Å². The highest BCUT2D eigenvalue weighted by molar-refractivity contribution is 6.30. The van der Waals surface area contributed by atoms with Crippen molar-refractivity contribution in [3.8, 4) is 0 Å². The van der Waals surface area contributed by atoms with Crippen molar-refractivity contribution in [1.29, 1.82) is 0 Å². The molecule has 0 saturated heterocycles. The van der Waals surface area contributed by atoms with Crippen molar-refractivity contribution in [1.82, 2.24) is 4.57 Å². The molecular formula is C26H17Cl2FN2O2. The maximum atomic E-state index is 14.0. The molecule has 0 spiro atoms. The molecule has 0 radical (unpaired) electrons. The highest BCUT2D eigenvalue weighted by Gasteiger charge is 2.44. The number of nitrogens with zero attached hydrogens (tertiary/aromatic N) is 2. The van der Waals surface area contributed by atoms with Crippen molar-refractivity contribution in [3.63, 3.8) is 0 Å². The quantitative estimate of drug-likeness (QED) is 0.347. The number of hydrogen-bond acceptors (Lipinski definition) is 2. The maximum Gasteiger partial charge on any atom is 0.260 e. The van der Waals surface area contributed by atoms with E-state index < -0.39 is 23.8 Å². The predicted molar refractivity (Wildman–Crippen MR) is 128 cm³/mol. The van der Waals surface area contributed by atoms with E-state index in [0.717, 1.165) is 11.1 Å². The molecule has 0 fully saturated rings. The van der Waals surface area contributed by atoms with E-state index in [0.29, 0.717) is 15.9 Å². The third-order valence-electron chi connectivity index (χ3n) is 5.78. The lowest BCUT2D eigenvalue weighted by Gasteiger charge is -2.28.